The van der Waals surface area contributed by atoms with E-state index in [0.717, 1.165) is 6.21 Å². The summed E-state index contributed by atoms with van der Waals surface area (Å²) >= 11 is 0. The molecule has 0 aliphatic carbocycles. The van der Waals surface area contributed by atoms with Gasteiger partial charge in [0.1, 0.15) is 36.3 Å². The number of aliphatic hydroxyl groups is 2. The maximum atomic E-state index is 13.6. The van der Waals surface area contributed by atoms with Gasteiger partial charge >= 0.3 is 0 Å². The molecule has 0 unspecified atom stereocenters. The average molecular weight is 800 g/mol. The monoisotopic (exact) mass is 799 g/mol. The van der Waals surface area contributed by atoms with Crippen LogP contribution in [0.25, 0.3) is 0 Å². The second-order valence-corrected chi connectivity index (χ2v) is 12.4. The number of amides is 9. The number of unbranched alkanes of at least 4 members (excludes halogenated alkanes) is 1. The van der Waals surface area contributed by atoms with Gasteiger partial charge in [0, 0.05) is 25.7 Å². The van der Waals surface area contributed by atoms with Crippen molar-refractivity contribution < 1.29 is 63.8 Å². The molecule has 24 nitrogen and oxygen atoms in total. The molecule has 1 aliphatic heterocycles. The second kappa shape index (κ2) is 27.2. The van der Waals surface area contributed by atoms with Crippen LogP contribution >= 0.6 is 0 Å². The fourth-order valence-electron chi connectivity index (χ4n) is 4.90. The molecule has 0 radical (unpaired) electrons. The molecule has 24 heteroatoms. The number of aliphatic hydroxyl groups excluding tert-OH is 2. The Morgan fingerprint density at radius 1 is 0.875 bits per heavy atom. The van der Waals surface area contributed by atoms with Crippen LogP contribution in [-0.2, 0) is 43.2 Å². The highest BCUT2D eigenvalue weighted by molar-refractivity contribution is 5.98. The van der Waals surface area contributed by atoms with E-state index in [1.54, 1.807) is 0 Å². The highest BCUT2D eigenvalue weighted by Crippen LogP contribution is 2.06. The van der Waals surface area contributed by atoms with Gasteiger partial charge in [-0.05, 0) is 51.5 Å². The Labute approximate surface area is 321 Å². The minimum absolute atomic E-state index is 0.0271. The zero-order valence-corrected chi connectivity index (χ0v) is 30.7. The minimum atomic E-state index is -1.52. The van der Waals surface area contributed by atoms with Crippen molar-refractivity contribution in [1.82, 2.24) is 42.0 Å². The average Bonchev–Trinajstić information content (AvgIpc) is 3.19. The molecule has 0 aromatic rings. The molecule has 0 saturated heterocycles. The molecule has 1 rings (SSSR count). The van der Waals surface area contributed by atoms with E-state index in [-0.39, 0.29) is 64.4 Å². The Balaban J connectivity index is 3.26. The van der Waals surface area contributed by atoms with E-state index in [4.69, 9.17) is 11.5 Å². The lowest BCUT2D eigenvalue weighted by Crippen LogP contribution is -2.58. The van der Waals surface area contributed by atoms with Gasteiger partial charge in [-0.25, -0.2) is 15.1 Å². The van der Waals surface area contributed by atoms with Crippen LogP contribution in [0.4, 0.5) is 0 Å². The summed E-state index contributed by atoms with van der Waals surface area (Å²) < 4.78 is 0. The molecular formula is C32H53N11O13. The van der Waals surface area contributed by atoms with Crippen LogP contribution < -0.4 is 43.4 Å². The molecule has 0 fully saturated rings. The van der Waals surface area contributed by atoms with Gasteiger partial charge in [0.2, 0.25) is 48.3 Å². The van der Waals surface area contributed by atoms with E-state index < -0.39 is 97.4 Å². The molecule has 0 saturated carbocycles. The van der Waals surface area contributed by atoms with Gasteiger partial charge in [-0.1, -0.05) is 12.2 Å². The Kier molecular flexibility index (Phi) is 23.6. The van der Waals surface area contributed by atoms with E-state index in [2.05, 4.69) is 36.9 Å². The zero-order valence-electron chi connectivity index (χ0n) is 30.7. The Hall–Kier alpha value is -5.40. The van der Waals surface area contributed by atoms with Crippen molar-refractivity contribution >= 4 is 60.4 Å². The molecule has 0 aromatic heterocycles. The molecule has 56 heavy (non-hydrogen) atoms. The first-order valence-corrected chi connectivity index (χ1v) is 17.7. The van der Waals surface area contributed by atoms with Crippen molar-refractivity contribution in [3.8, 4) is 0 Å². The number of carbonyl (C=O) groups is 9. The fourth-order valence-corrected chi connectivity index (χ4v) is 4.90. The smallest absolute Gasteiger partial charge is 0.270 e. The van der Waals surface area contributed by atoms with E-state index in [1.807, 2.05) is 0 Å². The lowest BCUT2D eigenvalue weighted by Gasteiger charge is -2.25. The number of rotatable bonds is 24. The molecule has 14 N–H and O–H groups in total. The van der Waals surface area contributed by atoms with Gasteiger partial charge in [-0.3, -0.25) is 53.6 Å². The quantitative estimate of drug-likeness (QED) is 0.0142. The minimum Gasteiger partial charge on any atom is -0.394 e. The first kappa shape index (κ1) is 48.6. The lowest BCUT2D eigenvalue weighted by molar-refractivity contribution is -0.150. The summed E-state index contributed by atoms with van der Waals surface area (Å²) in [5, 5.41) is 52.7. The standard InChI is InChI=1S/C32H53N11O13/c33-11-3-1-7-21(38-27(49)20(34)16-44)28(50)36-15-26(48)37-22(9-5-13-42(55)18-46)30(52)39-23-8-2-4-12-35-29(51)25(17-45)41-32(54)24(40-31(23)53)10-6-14-43(56)19-47/h2,8,12,18-25,44-45,55-56H,1,3-7,9-11,13-17,33-34H2,(H,36,50)(H,37,48)(H,38,49)(H,39,52)(H,40,53)(H,41,54)/b8-2+,35-12?/t20-,21+,22+,23+,24-,25+/m1/s1. The maximum Gasteiger partial charge on any atom is 0.270 e. The predicted octanol–water partition coefficient (Wildman–Crippen LogP) is -6.22. The van der Waals surface area contributed by atoms with Gasteiger partial charge in [0.25, 0.3) is 5.91 Å². The van der Waals surface area contributed by atoms with Crippen LogP contribution in [0.2, 0.25) is 0 Å². The van der Waals surface area contributed by atoms with Gasteiger partial charge in [-0.2, -0.15) is 0 Å². The number of hydrogen-bond acceptors (Lipinski definition) is 15. The molecule has 1 heterocycles. The molecule has 6 atom stereocenters. The van der Waals surface area contributed by atoms with Crippen LogP contribution in [0.15, 0.2) is 17.1 Å². The lowest BCUT2D eigenvalue weighted by atomic mass is 10.1. The zero-order chi connectivity index (χ0) is 42.0. The largest absolute Gasteiger partial charge is 0.394 e. The Morgan fingerprint density at radius 3 is 2.12 bits per heavy atom. The van der Waals surface area contributed by atoms with E-state index in [1.165, 1.54) is 12.2 Å². The summed E-state index contributed by atoms with van der Waals surface area (Å²) in [6.45, 7) is -2.39. The summed E-state index contributed by atoms with van der Waals surface area (Å²) in [6, 6.07) is -8.29. The number of hydroxylamine groups is 4. The first-order valence-electron chi connectivity index (χ1n) is 17.7. The number of nitrogens with zero attached hydrogens (tertiary/aromatic N) is 3. The topological polar surface area (TPSA) is 378 Å². The van der Waals surface area contributed by atoms with Crippen molar-refractivity contribution in [3.05, 3.63) is 12.2 Å². The van der Waals surface area contributed by atoms with E-state index in [9.17, 15) is 63.8 Å². The molecule has 9 amide bonds. The van der Waals surface area contributed by atoms with Crippen LogP contribution in [0.5, 0.6) is 0 Å². The van der Waals surface area contributed by atoms with Gasteiger partial charge < -0.3 is 53.6 Å². The third-order valence-corrected chi connectivity index (χ3v) is 7.99. The summed E-state index contributed by atoms with van der Waals surface area (Å²) in [5.41, 5.74) is 11.0. The Bertz CT molecular complexity index is 1400. The predicted molar refractivity (Wildman–Crippen MR) is 193 cm³/mol. The third kappa shape index (κ3) is 18.8. The number of nitrogens with two attached hydrogens (primary N) is 2. The van der Waals surface area contributed by atoms with Gasteiger partial charge in [0.05, 0.1) is 19.8 Å². The van der Waals surface area contributed by atoms with E-state index >= 15 is 0 Å². The third-order valence-electron chi connectivity index (χ3n) is 7.99. The van der Waals surface area contributed by atoms with Gasteiger partial charge in [0.15, 0.2) is 0 Å². The summed E-state index contributed by atoms with van der Waals surface area (Å²) in [7, 11) is 0. The van der Waals surface area contributed by atoms with Crippen molar-refractivity contribution in [2.24, 2.45) is 16.5 Å². The highest BCUT2D eigenvalue weighted by Gasteiger charge is 2.31. The Morgan fingerprint density at radius 2 is 1.50 bits per heavy atom. The second-order valence-electron chi connectivity index (χ2n) is 12.4. The number of aliphatic imine (C=N–C) groups is 1. The molecular weight excluding hydrogens is 746 g/mol. The normalized spacial score (nSPS) is 19.5. The van der Waals surface area contributed by atoms with Gasteiger partial charge in [-0.15, -0.1) is 0 Å². The van der Waals surface area contributed by atoms with Crippen molar-refractivity contribution in [2.45, 2.75) is 87.6 Å². The van der Waals surface area contributed by atoms with Crippen molar-refractivity contribution in [2.75, 3.05) is 39.4 Å². The number of nitrogens with one attached hydrogen (secondary N) is 6. The first-order chi connectivity index (χ1) is 26.7. The molecule has 1 aliphatic rings. The van der Waals surface area contributed by atoms with Crippen molar-refractivity contribution in [1.29, 1.82) is 0 Å². The highest BCUT2D eigenvalue weighted by atomic mass is 16.5. The molecule has 314 valence electrons. The molecule has 0 spiro atoms. The van der Waals surface area contributed by atoms with Crippen LogP contribution in [0, 0.1) is 0 Å². The van der Waals surface area contributed by atoms with Crippen LogP contribution in [-0.4, -0.2) is 167 Å². The van der Waals surface area contributed by atoms with Crippen LogP contribution in [0.1, 0.15) is 51.4 Å². The van der Waals surface area contributed by atoms with Crippen molar-refractivity contribution in [3.63, 3.8) is 0 Å². The number of allylic oxidation sites excluding steroid dienone is 1. The summed E-state index contributed by atoms with van der Waals surface area (Å²) in [6.07, 6.45) is 4.49. The fraction of sp³-hybridized carbons (Fsp3) is 0.625. The maximum absolute atomic E-state index is 13.6. The SMILES string of the molecule is NCCCC[C@H](NC(=O)[C@H](N)CO)C(=O)NCC(=O)N[C@@H](CCCN(O)C=O)C(=O)N[C@H]1/C=C/CC=NC(=O)[C@H](CO)NC(=O)[C@@H](CCCN(O)C=O)NC1=O. The summed E-state index contributed by atoms with van der Waals surface area (Å²) in [5.74, 6) is -6.21. The number of hydrogen-bond donors (Lipinski definition) is 12. The summed E-state index contributed by atoms with van der Waals surface area (Å²) in [4.78, 5) is 116. The molecule has 0 aromatic carbocycles. The number of carbonyl (C=O) groups excluding carboxylic acids is 9. The van der Waals surface area contributed by atoms with Crippen LogP contribution in [0.3, 0.4) is 0 Å². The molecule has 0 bridgehead atoms. The van der Waals surface area contributed by atoms with E-state index in [0.29, 0.717) is 29.5 Å².